The third-order valence-corrected chi connectivity index (χ3v) is 10.4. The Balaban J connectivity index is 2.40. The van der Waals surface area contributed by atoms with E-state index < -0.39 is 50.3 Å². The van der Waals surface area contributed by atoms with Gasteiger partial charge in [-0.05, 0) is 38.1 Å². The Labute approximate surface area is 183 Å². The smallest absolute Gasteiger partial charge is 0.435 e. The van der Waals surface area contributed by atoms with Crippen LogP contribution in [-0.2, 0) is 18.6 Å². The molecule has 10 heteroatoms. The molecule has 1 unspecified atom stereocenters. The molecule has 9 nitrogen and oxygen atoms in total. The van der Waals surface area contributed by atoms with Crippen LogP contribution in [0.3, 0.4) is 0 Å². The number of H-pyrrole nitrogens is 1. The minimum absolute atomic E-state index is 0.0628. The number of aryl methyl sites for hydroxylation is 1. The van der Waals surface area contributed by atoms with Crippen LogP contribution in [0.5, 0.6) is 0 Å². The van der Waals surface area contributed by atoms with Crippen LogP contribution < -0.4 is 11.2 Å². The van der Waals surface area contributed by atoms with Crippen molar-refractivity contribution in [3.63, 3.8) is 0 Å². The molecule has 1 N–H and O–H groups in total. The summed E-state index contributed by atoms with van der Waals surface area (Å²) in [7, 11) is -2.22. The molecule has 0 aliphatic carbocycles. The first kappa shape index (κ1) is 25.1. The lowest BCUT2D eigenvalue weighted by Crippen LogP contribution is -2.48. The number of carbonyl (C=O) groups excluding carboxylic acids is 1. The zero-order valence-electron chi connectivity index (χ0n) is 19.4. The standard InChI is InChI=1S/C21H34N2O7Si/c1-9-14(28-20(26)27-10-2)17-15(30-31(7,8)21(4,5)6)11-16(29-17)23-12-13(3)18(24)22-19(23)25/h9,12,14-17H,1,10-11H2,2-8H3,(H,22,24,25)/t14?,15-,16+,17+/m0/s1. The average Bonchev–Trinajstić information content (AvgIpc) is 3.04. The van der Waals surface area contributed by atoms with E-state index in [2.05, 4.69) is 45.4 Å². The summed E-state index contributed by atoms with van der Waals surface area (Å²) >= 11 is 0. The van der Waals surface area contributed by atoms with Gasteiger partial charge in [0, 0.05) is 18.2 Å². The minimum Gasteiger partial charge on any atom is -0.435 e. The molecule has 31 heavy (non-hydrogen) atoms. The first-order valence-corrected chi connectivity index (χ1v) is 13.3. The maximum Gasteiger partial charge on any atom is 0.508 e. The van der Waals surface area contributed by atoms with Gasteiger partial charge in [-0.25, -0.2) is 9.59 Å². The second-order valence-electron chi connectivity index (χ2n) is 9.19. The summed E-state index contributed by atoms with van der Waals surface area (Å²) in [5.74, 6) is 0. The van der Waals surface area contributed by atoms with E-state index in [9.17, 15) is 14.4 Å². The molecule has 2 rings (SSSR count). The van der Waals surface area contributed by atoms with Gasteiger partial charge < -0.3 is 18.6 Å². The molecule has 4 atom stereocenters. The highest BCUT2D eigenvalue weighted by atomic mass is 28.4. The van der Waals surface area contributed by atoms with Gasteiger partial charge in [-0.15, -0.1) is 0 Å². The lowest BCUT2D eigenvalue weighted by atomic mass is 10.1. The molecule has 0 spiro atoms. The number of ether oxygens (including phenoxy) is 3. The van der Waals surface area contributed by atoms with Gasteiger partial charge in [0.25, 0.3) is 5.56 Å². The van der Waals surface area contributed by atoms with Gasteiger partial charge in [0.05, 0.1) is 12.7 Å². The Morgan fingerprint density at radius 2 is 2.06 bits per heavy atom. The van der Waals surface area contributed by atoms with Gasteiger partial charge >= 0.3 is 11.8 Å². The second-order valence-corrected chi connectivity index (χ2v) is 13.9. The first-order chi connectivity index (χ1) is 14.3. The molecule has 0 amide bonds. The molecule has 1 aliphatic rings. The fourth-order valence-corrected chi connectivity index (χ4v) is 4.45. The van der Waals surface area contributed by atoms with Crippen molar-refractivity contribution >= 4 is 14.5 Å². The Hall–Kier alpha value is -2.17. The number of rotatable bonds is 7. The molecule has 0 aromatic carbocycles. The van der Waals surface area contributed by atoms with Crippen LogP contribution in [0.1, 0.15) is 45.9 Å². The third kappa shape index (κ3) is 5.75. The van der Waals surface area contributed by atoms with E-state index >= 15 is 0 Å². The van der Waals surface area contributed by atoms with E-state index in [4.69, 9.17) is 18.6 Å². The number of hydrogen-bond acceptors (Lipinski definition) is 7. The van der Waals surface area contributed by atoms with Crippen LogP contribution in [0.4, 0.5) is 4.79 Å². The molecule has 1 aliphatic heterocycles. The van der Waals surface area contributed by atoms with Crippen LogP contribution in [0.2, 0.25) is 18.1 Å². The van der Waals surface area contributed by atoms with Crippen molar-refractivity contribution in [1.29, 1.82) is 0 Å². The summed E-state index contributed by atoms with van der Waals surface area (Å²) in [5.41, 5.74) is -0.634. The summed E-state index contributed by atoms with van der Waals surface area (Å²) in [4.78, 5) is 38.4. The van der Waals surface area contributed by atoms with E-state index in [1.54, 1.807) is 13.8 Å². The Morgan fingerprint density at radius 3 is 2.61 bits per heavy atom. The molecule has 1 aromatic rings. The van der Waals surface area contributed by atoms with Gasteiger partial charge in [-0.2, -0.15) is 0 Å². The molecular weight excluding hydrogens is 420 g/mol. The van der Waals surface area contributed by atoms with Crippen LogP contribution in [-0.4, -0.2) is 48.9 Å². The quantitative estimate of drug-likeness (QED) is 0.383. The number of nitrogens with zero attached hydrogens (tertiary/aromatic N) is 1. The molecule has 0 bridgehead atoms. The van der Waals surface area contributed by atoms with Crippen molar-refractivity contribution in [1.82, 2.24) is 9.55 Å². The van der Waals surface area contributed by atoms with Gasteiger partial charge in [0.1, 0.15) is 12.3 Å². The molecule has 0 saturated carbocycles. The number of aromatic nitrogens is 2. The van der Waals surface area contributed by atoms with E-state index in [1.807, 2.05) is 0 Å². The van der Waals surface area contributed by atoms with Crippen molar-refractivity contribution in [2.45, 2.75) is 83.7 Å². The zero-order valence-corrected chi connectivity index (χ0v) is 20.4. The van der Waals surface area contributed by atoms with E-state index in [1.165, 1.54) is 16.8 Å². The topological polar surface area (TPSA) is 109 Å². The Morgan fingerprint density at radius 1 is 1.42 bits per heavy atom. The van der Waals surface area contributed by atoms with Crippen LogP contribution in [0, 0.1) is 6.92 Å². The van der Waals surface area contributed by atoms with Gasteiger partial charge in [0.2, 0.25) is 0 Å². The van der Waals surface area contributed by atoms with Crippen molar-refractivity contribution in [2.75, 3.05) is 6.61 Å². The van der Waals surface area contributed by atoms with Crippen molar-refractivity contribution in [2.24, 2.45) is 0 Å². The van der Waals surface area contributed by atoms with Gasteiger partial charge in [-0.1, -0.05) is 27.4 Å². The summed E-state index contributed by atoms with van der Waals surface area (Å²) in [6, 6.07) is 0. The number of aromatic amines is 1. The fourth-order valence-electron chi connectivity index (χ4n) is 3.11. The normalized spacial score (nSPS) is 22.7. The molecule has 1 aromatic heterocycles. The number of nitrogens with one attached hydrogen (secondary N) is 1. The summed E-state index contributed by atoms with van der Waals surface area (Å²) < 4.78 is 24.4. The largest absolute Gasteiger partial charge is 0.508 e. The first-order valence-electron chi connectivity index (χ1n) is 10.4. The summed E-state index contributed by atoms with van der Waals surface area (Å²) in [6.45, 7) is 17.8. The number of carbonyl (C=O) groups is 1. The van der Waals surface area contributed by atoms with Crippen molar-refractivity contribution in [3.05, 3.63) is 45.3 Å². The average molecular weight is 455 g/mol. The molecular formula is C21H34N2O7Si. The van der Waals surface area contributed by atoms with Gasteiger partial charge in [0.15, 0.2) is 14.4 Å². The highest BCUT2D eigenvalue weighted by Gasteiger charge is 2.48. The summed E-state index contributed by atoms with van der Waals surface area (Å²) in [5, 5.41) is -0.0628. The Kier molecular flexibility index (Phi) is 7.72. The highest BCUT2D eigenvalue weighted by molar-refractivity contribution is 6.74. The third-order valence-electron chi connectivity index (χ3n) is 5.87. The molecule has 0 radical (unpaired) electrons. The SMILES string of the molecule is C=CC(OC(=O)OCC)[C@H]1O[C@@H](n2cc(C)c(=O)[nH]c2=O)C[C@@H]1O[Si](C)(C)C(C)(C)C. The molecule has 174 valence electrons. The van der Waals surface area contributed by atoms with E-state index in [0.717, 1.165) is 0 Å². The van der Waals surface area contributed by atoms with Gasteiger partial charge in [-0.3, -0.25) is 14.3 Å². The molecule has 1 saturated heterocycles. The fraction of sp³-hybridized carbons (Fsp3) is 0.667. The van der Waals surface area contributed by atoms with Crippen molar-refractivity contribution in [3.8, 4) is 0 Å². The van der Waals surface area contributed by atoms with Crippen LogP contribution in [0.25, 0.3) is 0 Å². The van der Waals surface area contributed by atoms with E-state index in [-0.39, 0.29) is 11.6 Å². The maximum atomic E-state index is 12.4. The van der Waals surface area contributed by atoms with Crippen LogP contribution in [0.15, 0.2) is 28.4 Å². The minimum atomic E-state index is -2.22. The zero-order chi connectivity index (χ0) is 23.6. The van der Waals surface area contributed by atoms with Crippen LogP contribution >= 0.6 is 0 Å². The van der Waals surface area contributed by atoms with E-state index in [0.29, 0.717) is 12.0 Å². The lowest BCUT2D eigenvalue weighted by Gasteiger charge is -2.39. The predicted molar refractivity (Wildman–Crippen MR) is 119 cm³/mol. The predicted octanol–water partition coefficient (Wildman–Crippen LogP) is 3.25. The maximum absolute atomic E-state index is 12.4. The Bertz CT molecular complexity index is 916. The number of hydrogen-bond donors (Lipinski definition) is 1. The highest BCUT2D eigenvalue weighted by Crippen LogP contribution is 2.41. The van der Waals surface area contributed by atoms with Crippen molar-refractivity contribution < 1.29 is 23.4 Å². The molecule has 1 fully saturated rings. The lowest BCUT2D eigenvalue weighted by molar-refractivity contribution is -0.0801. The summed E-state index contributed by atoms with van der Waals surface area (Å²) in [6.07, 6.45) is -0.238. The monoisotopic (exact) mass is 454 g/mol. The second kappa shape index (κ2) is 9.54. The molecule has 2 heterocycles.